The zero-order valence-electron chi connectivity index (χ0n) is 8.67. The Balaban J connectivity index is 2.56. The maximum atomic E-state index is 10.9. The highest BCUT2D eigenvalue weighted by molar-refractivity contribution is 5.86. The Hall–Kier alpha value is -2.16. The molecule has 1 aromatic heterocycles. The van der Waals surface area contributed by atoms with Gasteiger partial charge in [-0.1, -0.05) is 30.3 Å². The molecular weight excluding hydrogens is 202 g/mol. The number of nitrogens with zero attached hydrogens (tertiary/aromatic N) is 1. The molecule has 0 aliphatic heterocycles. The molecule has 0 N–H and O–H groups in total. The summed E-state index contributed by atoms with van der Waals surface area (Å²) in [5.41, 5.74) is 2.34. The first kappa shape index (κ1) is 10.4. The molecule has 3 heteroatoms. The highest BCUT2D eigenvalue weighted by Gasteiger charge is 2.09. The van der Waals surface area contributed by atoms with E-state index in [2.05, 4.69) is 0 Å². The van der Waals surface area contributed by atoms with Crippen LogP contribution in [0.5, 0.6) is 0 Å². The molecule has 0 amide bonds. The van der Waals surface area contributed by atoms with Crippen LogP contribution in [0.15, 0.2) is 42.6 Å². The van der Waals surface area contributed by atoms with Crippen molar-refractivity contribution in [1.82, 2.24) is 4.57 Å². The summed E-state index contributed by atoms with van der Waals surface area (Å²) >= 11 is 0. The lowest BCUT2D eigenvalue weighted by molar-refractivity contribution is -0.108. The van der Waals surface area contributed by atoms with E-state index in [1.54, 1.807) is 16.8 Å². The number of aldehydes is 2. The van der Waals surface area contributed by atoms with Gasteiger partial charge in [-0.15, -0.1) is 0 Å². The number of rotatable bonds is 4. The van der Waals surface area contributed by atoms with E-state index in [9.17, 15) is 9.59 Å². The van der Waals surface area contributed by atoms with Crippen LogP contribution >= 0.6 is 0 Å². The Morgan fingerprint density at radius 2 is 1.81 bits per heavy atom. The van der Waals surface area contributed by atoms with Crippen molar-refractivity contribution < 1.29 is 9.59 Å². The first-order valence-electron chi connectivity index (χ1n) is 5.00. The van der Waals surface area contributed by atoms with Gasteiger partial charge in [0, 0.05) is 11.8 Å². The van der Waals surface area contributed by atoms with E-state index in [4.69, 9.17) is 0 Å². The molecule has 1 aromatic carbocycles. The van der Waals surface area contributed by atoms with Crippen LogP contribution in [0.25, 0.3) is 11.3 Å². The van der Waals surface area contributed by atoms with Crippen molar-refractivity contribution in [3.8, 4) is 11.3 Å². The third-order valence-electron chi connectivity index (χ3n) is 2.44. The van der Waals surface area contributed by atoms with Crippen LogP contribution in [-0.4, -0.2) is 17.1 Å². The SMILES string of the molecule is O=CCn1ccc(C=O)c1-c1ccccc1. The Bertz CT molecular complexity index is 500. The highest BCUT2D eigenvalue weighted by Crippen LogP contribution is 2.23. The standard InChI is InChI=1S/C13H11NO2/c15-9-8-14-7-6-12(10-16)13(14)11-4-2-1-3-5-11/h1-7,9-10H,8H2. The van der Waals surface area contributed by atoms with Crippen molar-refractivity contribution in [1.29, 1.82) is 0 Å². The van der Waals surface area contributed by atoms with Gasteiger partial charge in [0.1, 0.15) is 6.29 Å². The third-order valence-corrected chi connectivity index (χ3v) is 2.44. The summed E-state index contributed by atoms with van der Waals surface area (Å²) in [4.78, 5) is 21.5. The molecule has 0 radical (unpaired) electrons. The van der Waals surface area contributed by atoms with Crippen LogP contribution in [0, 0.1) is 0 Å². The van der Waals surface area contributed by atoms with Crippen molar-refractivity contribution in [3.63, 3.8) is 0 Å². The fourth-order valence-electron chi connectivity index (χ4n) is 1.75. The first-order valence-corrected chi connectivity index (χ1v) is 5.00. The average molecular weight is 213 g/mol. The monoisotopic (exact) mass is 213 g/mol. The van der Waals surface area contributed by atoms with Gasteiger partial charge in [0.25, 0.3) is 0 Å². The lowest BCUT2D eigenvalue weighted by Crippen LogP contribution is -2.00. The van der Waals surface area contributed by atoms with E-state index in [0.717, 1.165) is 23.8 Å². The molecule has 1 heterocycles. The summed E-state index contributed by atoms with van der Waals surface area (Å²) in [6, 6.07) is 11.3. The van der Waals surface area contributed by atoms with Crippen molar-refractivity contribution in [2.75, 3.05) is 0 Å². The normalized spacial score (nSPS) is 10.0. The molecule has 0 saturated carbocycles. The largest absolute Gasteiger partial charge is 0.340 e. The maximum absolute atomic E-state index is 10.9. The molecule has 0 atom stereocenters. The van der Waals surface area contributed by atoms with Gasteiger partial charge in [0.15, 0.2) is 6.29 Å². The van der Waals surface area contributed by atoms with Crippen LogP contribution in [0.4, 0.5) is 0 Å². The Kier molecular flexibility index (Phi) is 2.96. The first-order chi connectivity index (χ1) is 7.86. The van der Waals surface area contributed by atoms with Gasteiger partial charge in [-0.2, -0.15) is 0 Å². The third kappa shape index (κ3) is 1.80. The van der Waals surface area contributed by atoms with Gasteiger partial charge >= 0.3 is 0 Å². The lowest BCUT2D eigenvalue weighted by atomic mass is 10.1. The number of benzene rings is 1. The lowest BCUT2D eigenvalue weighted by Gasteiger charge is -2.06. The number of hydrogen-bond donors (Lipinski definition) is 0. The van der Waals surface area contributed by atoms with E-state index in [1.165, 1.54) is 0 Å². The van der Waals surface area contributed by atoms with Crippen LogP contribution in [0.3, 0.4) is 0 Å². The number of aromatic nitrogens is 1. The van der Waals surface area contributed by atoms with E-state index in [0.29, 0.717) is 5.56 Å². The second kappa shape index (κ2) is 4.57. The molecule has 2 aromatic rings. The zero-order valence-corrected chi connectivity index (χ0v) is 8.67. The summed E-state index contributed by atoms with van der Waals surface area (Å²) in [5.74, 6) is 0. The fraction of sp³-hybridized carbons (Fsp3) is 0.0769. The molecule has 0 saturated heterocycles. The Labute approximate surface area is 93.3 Å². The van der Waals surface area contributed by atoms with Crippen LogP contribution in [-0.2, 0) is 11.3 Å². The van der Waals surface area contributed by atoms with Crippen molar-refractivity contribution in [2.24, 2.45) is 0 Å². The topological polar surface area (TPSA) is 39.1 Å². The van der Waals surface area contributed by atoms with Gasteiger partial charge in [0.05, 0.1) is 12.2 Å². The van der Waals surface area contributed by atoms with E-state index >= 15 is 0 Å². The van der Waals surface area contributed by atoms with Gasteiger partial charge in [-0.25, -0.2) is 0 Å². The van der Waals surface area contributed by atoms with Gasteiger partial charge in [0.2, 0.25) is 0 Å². The summed E-state index contributed by atoms with van der Waals surface area (Å²) in [5, 5.41) is 0. The second-order valence-corrected chi connectivity index (χ2v) is 3.42. The second-order valence-electron chi connectivity index (χ2n) is 3.42. The molecule has 80 valence electrons. The van der Waals surface area contributed by atoms with Gasteiger partial charge in [-0.05, 0) is 11.6 Å². The molecule has 0 fully saturated rings. The van der Waals surface area contributed by atoms with Crippen LogP contribution in [0.2, 0.25) is 0 Å². The summed E-state index contributed by atoms with van der Waals surface area (Å²) in [7, 11) is 0. The van der Waals surface area contributed by atoms with E-state index in [-0.39, 0.29) is 6.54 Å². The average Bonchev–Trinajstić information content (AvgIpc) is 2.74. The van der Waals surface area contributed by atoms with Crippen molar-refractivity contribution in [2.45, 2.75) is 6.54 Å². The zero-order chi connectivity index (χ0) is 11.4. The summed E-state index contributed by atoms with van der Waals surface area (Å²) in [6.45, 7) is 0.262. The van der Waals surface area contributed by atoms with Gasteiger partial charge in [-0.3, -0.25) is 4.79 Å². The fourth-order valence-corrected chi connectivity index (χ4v) is 1.75. The molecule has 3 nitrogen and oxygen atoms in total. The van der Waals surface area contributed by atoms with Crippen LogP contribution in [0.1, 0.15) is 10.4 Å². The molecular formula is C13H11NO2. The summed E-state index contributed by atoms with van der Waals surface area (Å²) < 4.78 is 1.77. The molecule has 0 unspecified atom stereocenters. The summed E-state index contributed by atoms with van der Waals surface area (Å²) in [6.07, 6.45) is 3.38. The number of carbonyl (C=O) groups excluding carboxylic acids is 2. The van der Waals surface area contributed by atoms with Crippen LogP contribution < -0.4 is 0 Å². The predicted octanol–water partition coefficient (Wildman–Crippen LogP) is 2.17. The molecule has 0 aliphatic carbocycles. The van der Waals surface area contributed by atoms with Crippen molar-refractivity contribution in [3.05, 3.63) is 48.2 Å². The molecule has 2 rings (SSSR count). The predicted molar refractivity (Wildman–Crippen MR) is 61.3 cm³/mol. The van der Waals surface area contributed by atoms with E-state index in [1.807, 2.05) is 30.3 Å². The maximum Gasteiger partial charge on any atom is 0.152 e. The quantitative estimate of drug-likeness (QED) is 0.730. The number of carbonyl (C=O) groups is 2. The Morgan fingerprint density at radius 1 is 1.06 bits per heavy atom. The molecule has 0 aliphatic rings. The Morgan fingerprint density at radius 3 is 2.44 bits per heavy atom. The minimum atomic E-state index is 0.262. The van der Waals surface area contributed by atoms with Crippen molar-refractivity contribution >= 4 is 12.6 Å². The van der Waals surface area contributed by atoms with E-state index < -0.39 is 0 Å². The minimum absolute atomic E-state index is 0.262. The molecule has 0 spiro atoms. The molecule has 16 heavy (non-hydrogen) atoms. The minimum Gasteiger partial charge on any atom is -0.340 e. The smallest absolute Gasteiger partial charge is 0.152 e. The van der Waals surface area contributed by atoms with Gasteiger partial charge < -0.3 is 9.36 Å². The highest BCUT2D eigenvalue weighted by atomic mass is 16.1. The number of hydrogen-bond acceptors (Lipinski definition) is 2. The molecule has 0 bridgehead atoms.